The molecule has 1 fully saturated rings. The van der Waals surface area contributed by atoms with Gasteiger partial charge in [-0.05, 0) is 62.9 Å². The molecule has 2 N–H and O–H groups in total. The van der Waals surface area contributed by atoms with Gasteiger partial charge in [-0.2, -0.15) is 0 Å². The third-order valence-electron chi connectivity index (χ3n) is 4.30. The Bertz CT molecular complexity index is 452. The Morgan fingerprint density at radius 1 is 1.43 bits per heavy atom. The molecule has 2 unspecified atom stereocenters. The molecule has 1 saturated heterocycles. The highest BCUT2D eigenvalue weighted by Gasteiger charge is 2.25. The van der Waals surface area contributed by atoms with Crippen LogP contribution in [0.25, 0.3) is 0 Å². The van der Waals surface area contributed by atoms with Crippen molar-refractivity contribution in [2.24, 2.45) is 0 Å². The van der Waals surface area contributed by atoms with E-state index >= 15 is 0 Å². The van der Waals surface area contributed by atoms with Crippen molar-refractivity contribution in [1.29, 1.82) is 0 Å². The molecule has 1 aromatic carbocycles. The summed E-state index contributed by atoms with van der Waals surface area (Å²) in [6.07, 6.45) is 4.34. The van der Waals surface area contributed by atoms with Crippen LogP contribution in [0.5, 0.6) is 0 Å². The number of hydrogen-bond acceptors (Lipinski definition) is 3. The number of nitrogens with zero attached hydrogens (tertiary/aromatic N) is 1. The van der Waals surface area contributed by atoms with Crippen molar-refractivity contribution in [2.45, 2.75) is 51.6 Å². The molecule has 3 nitrogen and oxygen atoms in total. The van der Waals surface area contributed by atoms with Crippen molar-refractivity contribution in [3.63, 3.8) is 0 Å². The van der Waals surface area contributed by atoms with E-state index in [4.69, 9.17) is 0 Å². The molecular weight excluding hydrogens is 267 g/mol. The lowest BCUT2D eigenvalue weighted by Gasteiger charge is -2.38. The molecule has 0 amide bonds. The minimum atomic E-state index is -0.198. The van der Waals surface area contributed by atoms with E-state index < -0.39 is 0 Å². The molecule has 0 aliphatic carbocycles. The van der Waals surface area contributed by atoms with Crippen molar-refractivity contribution in [3.8, 4) is 0 Å². The van der Waals surface area contributed by atoms with Crippen LogP contribution in [-0.4, -0.2) is 30.8 Å². The molecule has 1 aliphatic heterocycles. The molecule has 0 bridgehead atoms. The summed E-state index contributed by atoms with van der Waals surface area (Å²) in [5.74, 6) is -0.198. The van der Waals surface area contributed by atoms with E-state index in [9.17, 15) is 9.50 Å². The zero-order chi connectivity index (χ0) is 15.2. The number of anilines is 1. The summed E-state index contributed by atoms with van der Waals surface area (Å²) in [5.41, 5.74) is 2.05. The largest absolute Gasteiger partial charge is 0.394 e. The van der Waals surface area contributed by atoms with Gasteiger partial charge in [0.1, 0.15) is 5.82 Å². The van der Waals surface area contributed by atoms with Gasteiger partial charge in [-0.25, -0.2) is 4.39 Å². The summed E-state index contributed by atoms with van der Waals surface area (Å²) >= 11 is 0. The summed E-state index contributed by atoms with van der Waals surface area (Å²) in [6, 6.07) is 5.28. The molecule has 0 aromatic heterocycles. The van der Waals surface area contributed by atoms with E-state index in [-0.39, 0.29) is 24.5 Å². The normalized spacial score (nSPS) is 20.6. The zero-order valence-electron chi connectivity index (χ0n) is 13.1. The first-order valence-electron chi connectivity index (χ1n) is 8.07. The SMILES string of the molecule is CCCNC(C)c1cc(F)ccc1N1CCCCC1CO. The number of aliphatic hydroxyl groups excluding tert-OH is 1. The zero-order valence-corrected chi connectivity index (χ0v) is 13.1. The van der Waals surface area contributed by atoms with Crippen LogP contribution in [0.1, 0.15) is 51.1 Å². The van der Waals surface area contributed by atoms with Crippen molar-refractivity contribution < 1.29 is 9.50 Å². The van der Waals surface area contributed by atoms with Gasteiger partial charge >= 0.3 is 0 Å². The molecule has 21 heavy (non-hydrogen) atoms. The number of halogens is 1. The average molecular weight is 294 g/mol. The van der Waals surface area contributed by atoms with Crippen LogP contribution in [0.15, 0.2) is 18.2 Å². The van der Waals surface area contributed by atoms with Crippen LogP contribution >= 0.6 is 0 Å². The fourth-order valence-electron chi connectivity index (χ4n) is 3.11. The number of nitrogens with one attached hydrogen (secondary N) is 1. The monoisotopic (exact) mass is 294 g/mol. The third kappa shape index (κ3) is 3.95. The van der Waals surface area contributed by atoms with Gasteiger partial charge in [0.15, 0.2) is 0 Å². The van der Waals surface area contributed by atoms with E-state index in [1.165, 1.54) is 6.07 Å². The molecule has 118 valence electrons. The molecule has 0 spiro atoms. The van der Waals surface area contributed by atoms with Gasteiger partial charge < -0.3 is 15.3 Å². The van der Waals surface area contributed by atoms with E-state index in [0.29, 0.717) is 0 Å². The number of hydrogen-bond donors (Lipinski definition) is 2. The lowest BCUT2D eigenvalue weighted by molar-refractivity contribution is 0.240. The predicted molar refractivity (Wildman–Crippen MR) is 85.2 cm³/mol. The molecule has 0 radical (unpaired) electrons. The van der Waals surface area contributed by atoms with E-state index in [1.807, 2.05) is 6.07 Å². The number of piperidine rings is 1. The first-order valence-corrected chi connectivity index (χ1v) is 8.07. The molecule has 1 heterocycles. The van der Waals surface area contributed by atoms with E-state index in [1.54, 1.807) is 6.07 Å². The molecule has 2 atom stereocenters. The van der Waals surface area contributed by atoms with Crippen LogP contribution in [0.4, 0.5) is 10.1 Å². The van der Waals surface area contributed by atoms with Gasteiger partial charge in [-0.3, -0.25) is 0 Å². The molecule has 1 aromatic rings. The fraction of sp³-hybridized carbons (Fsp3) is 0.647. The summed E-state index contributed by atoms with van der Waals surface area (Å²) in [5, 5.41) is 13.0. The molecule has 1 aliphatic rings. The van der Waals surface area contributed by atoms with Gasteiger partial charge in [0.05, 0.1) is 12.6 Å². The van der Waals surface area contributed by atoms with Crippen molar-refractivity contribution in [3.05, 3.63) is 29.6 Å². The Labute approximate surface area is 127 Å². The lowest BCUT2D eigenvalue weighted by atomic mass is 9.98. The number of aliphatic hydroxyl groups is 1. The smallest absolute Gasteiger partial charge is 0.123 e. The van der Waals surface area contributed by atoms with Gasteiger partial charge in [-0.15, -0.1) is 0 Å². The van der Waals surface area contributed by atoms with Crippen LogP contribution in [0.3, 0.4) is 0 Å². The Balaban J connectivity index is 2.28. The van der Waals surface area contributed by atoms with Gasteiger partial charge in [0.2, 0.25) is 0 Å². The average Bonchev–Trinajstić information content (AvgIpc) is 2.52. The van der Waals surface area contributed by atoms with Crippen molar-refractivity contribution in [1.82, 2.24) is 5.32 Å². The molecule has 0 saturated carbocycles. The van der Waals surface area contributed by atoms with Crippen molar-refractivity contribution >= 4 is 5.69 Å². The maximum Gasteiger partial charge on any atom is 0.123 e. The summed E-state index contributed by atoms with van der Waals surface area (Å²) in [4.78, 5) is 2.25. The van der Waals surface area contributed by atoms with Crippen molar-refractivity contribution in [2.75, 3.05) is 24.6 Å². The van der Waals surface area contributed by atoms with Gasteiger partial charge in [0.25, 0.3) is 0 Å². The Hall–Kier alpha value is -1.13. The highest BCUT2D eigenvalue weighted by Crippen LogP contribution is 2.32. The Morgan fingerprint density at radius 2 is 2.24 bits per heavy atom. The Kier molecular flexibility index (Phi) is 6.00. The summed E-state index contributed by atoms with van der Waals surface area (Å²) < 4.78 is 13.7. The molecule has 2 rings (SSSR count). The second-order valence-corrected chi connectivity index (χ2v) is 5.90. The summed E-state index contributed by atoms with van der Waals surface area (Å²) in [6.45, 7) is 6.21. The topological polar surface area (TPSA) is 35.5 Å². The second-order valence-electron chi connectivity index (χ2n) is 5.90. The fourth-order valence-corrected chi connectivity index (χ4v) is 3.11. The maximum atomic E-state index is 13.7. The minimum absolute atomic E-state index is 0.108. The highest BCUT2D eigenvalue weighted by atomic mass is 19.1. The molecule has 4 heteroatoms. The first-order chi connectivity index (χ1) is 10.2. The van der Waals surface area contributed by atoms with Crippen LogP contribution < -0.4 is 10.2 Å². The number of rotatable bonds is 6. The summed E-state index contributed by atoms with van der Waals surface area (Å²) in [7, 11) is 0. The van der Waals surface area contributed by atoms with Crippen LogP contribution in [0, 0.1) is 5.82 Å². The van der Waals surface area contributed by atoms with E-state index in [0.717, 1.165) is 50.0 Å². The standard InChI is InChI=1S/C17H27FN2O/c1-3-9-19-13(2)16-11-14(18)7-8-17(16)20-10-5-4-6-15(20)12-21/h7-8,11,13,15,19,21H,3-6,9-10,12H2,1-2H3. The first kappa shape index (κ1) is 16.2. The quantitative estimate of drug-likeness (QED) is 0.845. The third-order valence-corrected chi connectivity index (χ3v) is 4.30. The molecular formula is C17H27FN2O. The minimum Gasteiger partial charge on any atom is -0.394 e. The predicted octanol–water partition coefficient (Wildman–Crippen LogP) is 3.24. The van der Waals surface area contributed by atoms with E-state index in [2.05, 4.69) is 24.1 Å². The lowest BCUT2D eigenvalue weighted by Crippen LogP contribution is -2.42. The number of benzene rings is 1. The van der Waals surface area contributed by atoms with Crippen LogP contribution in [0.2, 0.25) is 0 Å². The van der Waals surface area contributed by atoms with Gasteiger partial charge in [-0.1, -0.05) is 6.92 Å². The highest BCUT2D eigenvalue weighted by molar-refractivity contribution is 5.56. The second kappa shape index (κ2) is 7.76. The maximum absolute atomic E-state index is 13.7. The Morgan fingerprint density at radius 3 is 2.95 bits per heavy atom. The van der Waals surface area contributed by atoms with Crippen LogP contribution in [-0.2, 0) is 0 Å². The van der Waals surface area contributed by atoms with Gasteiger partial charge in [0, 0.05) is 18.3 Å².